The van der Waals surface area contributed by atoms with Crippen molar-refractivity contribution in [1.29, 1.82) is 0 Å². The van der Waals surface area contributed by atoms with E-state index >= 15 is 0 Å². The summed E-state index contributed by atoms with van der Waals surface area (Å²) >= 11 is 0. The van der Waals surface area contributed by atoms with E-state index in [0.717, 1.165) is 32.3 Å². The molecule has 0 amide bonds. The van der Waals surface area contributed by atoms with Crippen LogP contribution in [0, 0.1) is 0 Å². The van der Waals surface area contributed by atoms with Crippen molar-refractivity contribution in [3.63, 3.8) is 0 Å². The van der Waals surface area contributed by atoms with Crippen LogP contribution in [0.3, 0.4) is 0 Å². The van der Waals surface area contributed by atoms with Gasteiger partial charge in [-0.05, 0) is 19.3 Å². The van der Waals surface area contributed by atoms with Crippen LogP contribution < -0.4 is 11.5 Å². The first-order chi connectivity index (χ1) is 7.24. The number of hydrogen-bond acceptors (Lipinski definition) is 6. The molecular formula is C9H15N5O. The summed E-state index contributed by atoms with van der Waals surface area (Å²) in [5.74, 6) is 1.02. The van der Waals surface area contributed by atoms with Crippen molar-refractivity contribution in [1.82, 2.24) is 15.0 Å². The molecular weight excluding hydrogens is 194 g/mol. The highest BCUT2D eigenvalue weighted by Crippen LogP contribution is 2.16. The lowest BCUT2D eigenvalue weighted by atomic mass is 10.1. The summed E-state index contributed by atoms with van der Waals surface area (Å²) in [6, 6.07) is 0. The molecule has 6 nitrogen and oxygen atoms in total. The van der Waals surface area contributed by atoms with Crippen LogP contribution >= 0.6 is 0 Å². The summed E-state index contributed by atoms with van der Waals surface area (Å²) in [5, 5.41) is 0. The first-order valence-corrected chi connectivity index (χ1v) is 5.11. The summed E-state index contributed by atoms with van der Waals surface area (Å²) in [6.07, 6.45) is 4.26. The summed E-state index contributed by atoms with van der Waals surface area (Å²) in [4.78, 5) is 11.7. The Bertz CT molecular complexity index is 317. The number of nitrogens with zero attached hydrogens (tertiary/aromatic N) is 3. The van der Waals surface area contributed by atoms with E-state index in [4.69, 9.17) is 16.2 Å². The molecule has 0 aliphatic carbocycles. The van der Waals surface area contributed by atoms with Gasteiger partial charge in [0.25, 0.3) is 0 Å². The summed E-state index contributed by atoms with van der Waals surface area (Å²) < 4.78 is 5.50. The van der Waals surface area contributed by atoms with E-state index < -0.39 is 0 Å². The van der Waals surface area contributed by atoms with Gasteiger partial charge >= 0.3 is 0 Å². The fraction of sp³-hybridized carbons (Fsp3) is 0.667. The molecule has 1 aliphatic rings. The van der Waals surface area contributed by atoms with E-state index in [2.05, 4.69) is 15.0 Å². The van der Waals surface area contributed by atoms with Gasteiger partial charge in [-0.15, -0.1) is 0 Å². The average molecular weight is 209 g/mol. The number of aryl methyl sites for hydroxylation is 1. The second kappa shape index (κ2) is 4.39. The van der Waals surface area contributed by atoms with Gasteiger partial charge in [0.1, 0.15) is 5.82 Å². The van der Waals surface area contributed by atoms with Crippen LogP contribution in [-0.2, 0) is 11.2 Å². The van der Waals surface area contributed by atoms with Gasteiger partial charge in [0, 0.05) is 13.0 Å². The topological polar surface area (TPSA) is 99.9 Å². The molecule has 82 valence electrons. The minimum Gasteiger partial charge on any atom is -0.378 e. The van der Waals surface area contributed by atoms with Gasteiger partial charge in [-0.2, -0.15) is 15.0 Å². The molecule has 1 saturated heterocycles. The zero-order valence-corrected chi connectivity index (χ0v) is 8.52. The zero-order valence-electron chi connectivity index (χ0n) is 8.52. The van der Waals surface area contributed by atoms with E-state index in [1.807, 2.05) is 0 Å². The van der Waals surface area contributed by atoms with E-state index in [1.165, 1.54) is 0 Å². The van der Waals surface area contributed by atoms with Crippen LogP contribution in [0.5, 0.6) is 0 Å². The molecule has 0 aromatic carbocycles. The van der Waals surface area contributed by atoms with Crippen LogP contribution in [-0.4, -0.2) is 27.7 Å². The Kier molecular flexibility index (Phi) is 2.96. The maximum atomic E-state index is 5.50. The molecule has 1 unspecified atom stereocenters. The number of hydrogen-bond donors (Lipinski definition) is 2. The Balaban J connectivity index is 1.92. The molecule has 15 heavy (non-hydrogen) atoms. The van der Waals surface area contributed by atoms with Gasteiger partial charge in [0.15, 0.2) is 0 Å². The van der Waals surface area contributed by atoms with Crippen molar-refractivity contribution >= 4 is 11.9 Å². The van der Waals surface area contributed by atoms with Crippen LogP contribution in [0.25, 0.3) is 0 Å². The zero-order chi connectivity index (χ0) is 10.7. The van der Waals surface area contributed by atoms with Crippen molar-refractivity contribution in [2.24, 2.45) is 0 Å². The van der Waals surface area contributed by atoms with Crippen LogP contribution in [0.15, 0.2) is 0 Å². The number of rotatable bonds is 3. The first kappa shape index (κ1) is 10.1. The number of anilines is 2. The number of aromatic nitrogens is 3. The van der Waals surface area contributed by atoms with Crippen molar-refractivity contribution in [3.8, 4) is 0 Å². The standard InChI is InChI=1S/C9H15N5O/c10-8-12-7(13-9(11)14-8)4-3-6-2-1-5-15-6/h6H,1-5H2,(H4,10,11,12,13,14). The van der Waals surface area contributed by atoms with E-state index in [9.17, 15) is 0 Å². The highest BCUT2D eigenvalue weighted by molar-refractivity contribution is 5.25. The molecule has 0 bridgehead atoms. The molecule has 1 atom stereocenters. The monoisotopic (exact) mass is 209 g/mol. The summed E-state index contributed by atoms with van der Waals surface area (Å²) in [5.41, 5.74) is 10.9. The highest BCUT2D eigenvalue weighted by Gasteiger charge is 2.15. The Hall–Kier alpha value is -1.43. The second-order valence-electron chi connectivity index (χ2n) is 3.64. The van der Waals surface area contributed by atoms with Crippen LogP contribution in [0.2, 0.25) is 0 Å². The van der Waals surface area contributed by atoms with E-state index in [1.54, 1.807) is 0 Å². The van der Waals surface area contributed by atoms with Gasteiger partial charge in [-0.3, -0.25) is 0 Å². The lowest BCUT2D eigenvalue weighted by molar-refractivity contribution is 0.104. The molecule has 1 aromatic rings. The van der Waals surface area contributed by atoms with Crippen molar-refractivity contribution in [3.05, 3.63) is 5.82 Å². The third kappa shape index (κ3) is 2.76. The van der Waals surface area contributed by atoms with Crippen LogP contribution in [0.1, 0.15) is 25.1 Å². The van der Waals surface area contributed by atoms with Gasteiger partial charge in [0.2, 0.25) is 11.9 Å². The van der Waals surface area contributed by atoms with Crippen molar-refractivity contribution in [2.45, 2.75) is 31.8 Å². The predicted octanol–water partition coefficient (Wildman–Crippen LogP) is 0.148. The second-order valence-corrected chi connectivity index (χ2v) is 3.64. The van der Waals surface area contributed by atoms with Crippen LogP contribution in [0.4, 0.5) is 11.9 Å². The summed E-state index contributed by atoms with van der Waals surface area (Å²) in [7, 11) is 0. The van der Waals surface area contributed by atoms with Gasteiger partial charge in [0.05, 0.1) is 6.10 Å². The Labute approximate surface area is 88.1 Å². The molecule has 2 heterocycles. The van der Waals surface area contributed by atoms with Gasteiger partial charge < -0.3 is 16.2 Å². The van der Waals surface area contributed by atoms with Gasteiger partial charge in [-0.25, -0.2) is 0 Å². The third-order valence-corrected chi connectivity index (χ3v) is 2.43. The quantitative estimate of drug-likeness (QED) is 0.734. The molecule has 0 radical (unpaired) electrons. The molecule has 1 aromatic heterocycles. The highest BCUT2D eigenvalue weighted by atomic mass is 16.5. The third-order valence-electron chi connectivity index (χ3n) is 2.43. The molecule has 1 fully saturated rings. The smallest absolute Gasteiger partial charge is 0.225 e. The summed E-state index contributed by atoms with van der Waals surface area (Å²) in [6.45, 7) is 0.867. The lowest BCUT2D eigenvalue weighted by Gasteiger charge is -2.08. The molecule has 0 saturated carbocycles. The SMILES string of the molecule is Nc1nc(N)nc(CCC2CCCO2)n1. The fourth-order valence-corrected chi connectivity index (χ4v) is 1.73. The molecule has 2 rings (SSSR count). The Morgan fingerprint density at radius 1 is 1.20 bits per heavy atom. The number of ether oxygens (including phenoxy) is 1. The van der Waals surface area contributed by atoms with Crippen molar-refractivity contribution in [2.75, 3.05) is 18.1 Å². The Morgan fingerprint density at radius 3 is 2.53 bits per heavy atom. The van der Waals surface area contributed by atoms with E-state index in [-0.39, 0.29) is 11.9 Å². The Morgan fingerprint density at radius 2 is 1.93 bits per heavy atom. The number of nitrogen functional groups attached to an aromatic ring is 2. The maximum Gasteiger partial charge on any atom is 0.225 e. The fourth-order valence-electron chi connectivity index (χ4n) is 1.73. The molecule has 6 heteroatoms. The minimum absolute atomic E-state index is 0.185. The largest absolute Gasteiger partial charge is 0.378 e. The first-order valence-electron chi connectivity index (χ1n) is 5.11. The van der Waals surface area contributed by atoms with Gasteiger partial charge in [-0.1, -0.05) is 0 Å². The maximum absolute atomic E-state index is 5.50. The van der Waals surface area contributed by atoms with Crippen molar-refractivity contribution < 1.29 is 4.74 Å². The normalized spacial score (nSPS) is 20.7. The molecule has 4 N–H and O–H groups in total. The molecule has 1 aliphatic heterocycles. The van der Waals surface area contributed by atoms with E-state index in [0.29, 0.717) is 11.9 Å². The minimum atomic E-state index is 0.185. The lowest BCUT2D eigenvalue weighted by Crippen LogP contribution is -2.11. The average Bonchev–Trinajstić information content (AvgIpc) is 2.65. The molecule has 0 spiro atoms. The predicted molar refractivity (Wildman–Crippen MR) is 55.9 cm³/mol. The number of nitrogens with two attached hydrogens (primary N) is 2.